The van der Waals surface area contributed by atoms with Crippen LogP contribution in [0, 0.1) is 0 Å². The van der Waals surface area contributed by atoms with Crippen LogP contribution in [0.1, 0.15) is 11.1 Å². The summed E-state index contributed by atoms with van der Waals surface area (Å²) in [5.74, 6) is -0.904. The Balaban J connectivity index is 2.17. The molecule has 0 saturated carbocycles. The number of sulfonamides is 1. The van der Waals surface area contributed by atoms with Crippen molar-refractivity contribution in [1.29, 1.82) is 0 Å². The summed E-state index contributed by atoms with van der Waals surface area (Å²) in [6.07, 6.45) is 0.349. The molecule has 3 N–H and O–H groups in total. The molecule has 1 aliphatic heterocycles. The van der Waals surface area contributed by atoms with Gasteiger partial charge in [0, 0.05) is 20.2 Å². The number of hydrogen-bond acceptors (Lipinski definition) is 5. The zero-order chi connectivity index (χ0) is 15.5. The molecule has 1 aromatic carbocycles. The summed E-state index contributed by atoms with van der Waals surface area (Å²) < 4.78 is 31.4. The van der Waals surface area contributed by atoms with Gasteiger partial charge in [0.2, 0.25) is 10.0 Å². The van der Waals surface area contributed by atoms with Gasteiger partial charge in [-0.1, -0.05) is 6.07 Å². The minimum absolute atomic E-state index is 0.174. The molecule has 116 valence electrons. The summed E-state index contributed by atoms with van der Waals surface area (Å²) in [7, 11) is -2.07. The standard InChI is InChI=1S/C13H18N2O5S/c1-20-5-4-15-21(18,19)11-3-2-9-7-12(13(16)17)14-8-10(9)6-11/h2-3,6,12,14-15H,4-5,7-8H2,1H3,(H,16,17). The van der Waals surface area contributed by atoms with Crippen LogP contribution in [0.5, 0.6) is 0 Å². The zero-order valence-corrected chi connectivity index (χ0v) is 12.4. The predicted molar refractivity (Wildman–Crippen MR) is 75.5 cm³/mol. The largest absolute Gasteiger partial charge is 0.480 e. The highest BCUT2D eigenvalue weighted by atomic mass is 32.2. The highest BCUT2D eigenvalue weighted by Gasteiger charge is 2.25. The number of methoxy groups -OCH3 is 1. The zero-order valence-electron chi connectivity index (χ0n) is 11.6. The third-order valence-corrected chi connectivity index (χ3v) is 4.81. The number of benzene rings is 1. The number of rotatable bonds is 6. The van der Waals surface area contributed by atoms with Crippen molar-refractivity contribution in [1.82, 2.24) is 10.0 Å². The van der Waals surface area contributed by atoms with Gasteiger partial charge in [-0.15, -0.1) is 0 Å². The van der Waals surface area contributed by atoms with Crippen LogP contribution in [-0.2, 0) is 32.5 Å². The molecule has 2 rings (SSSR count). The van der Waals surface area contributed by atoms with Crippen molar-refractivity contribution in [3.8, 4) is 0 Å². The fourth-order valence-corrected chi connectivity index (χ4v) is 3.26. The molecule has 1 heterocycles. The van der Waals surface area contributed by atoms with Gasteiger partial charge in [0.1, 0.15) is 6.04 Å². The Bertz CT molecular complexity index is 629. The Morgan fingerprint density at radius 2 is 2.24 bits per heavy atom. The Morgan fingerprint density at radius 3 is 2.90 bits per heavy atom. The van der Waals surface area contributed by atoms with Crippen molar-refractivity contribution < 1.29 is 23.1 Å². The van der Waals surface area contributed by atoms with Crippen molar-refractivity contribution in [3.05, 3.63) is 29.3 Å². The van der Waals surface area contributed by atoms with E-state index in [0.717, 1.165) is 11.1 Å². The van der Waals surface area contributed by atoms with E-state index < -0.39 is 22.0 Å². The molecule has 1 atom stereocenters. The van der Waals surface area contributed by atoms with Crippen LogP contribution >= 0.6 is 0 Å². The smallest absolute Gasteiger partial charge is 0.321 e. The molecule has 1 unspecified atom stereocenters. The number of carboxylic acids is 1. The van der Waals surface area contributed by atoms with Gasteiger partial charge in [-0.2, -0.15) is 0 Å². The molecule has 0 radical (unpaired) electrons. The van der Waals surface area contributed by atoms with Gasteiger partial charge in [0.15, 0.2) is 0 Å². The Kier molecular flexibility index (Phi) is 4.94. The molecule has 0 amide bonds. The van der Waals surface area contributed by atoms with Crippen molar-refractivity contribution in [2.45, 2.75) is 23.9 Å². The van der Waals surface area contributed by atoms with E-state index in [1.165, 1.54) is 13.2 Å². The fraction of sp³-hybridized carbons (Fsp3) is 0.462. The van der Waals surface area contributed by atoms with Gasteiger partial charge in [-0.3, -0.25) is 4.79 Å². The highest BCUT2D eigenvalue weighted by Crippen LogP contribution is 2.21. The van der Waals surface area contributed by atoms with Crippen LogP contribution in [0.25, 0.3) is 0 Å². The monoisotopic (exact) mass is 314 g/mol. The molecule has 21 heavy (non-hydrogen) atoms. The normalized spacial score (nSPS) is 18.2. The van der Waals surface area contributed by atoms with E-state index in [1.807, 2.05) is 0 Å². The molecular weight excluding hydrogens is 296 g/mol. The summed E-state index contributed by atoms with van der Waals surface area (Å²) in [4.78, 5) is 11.1. The first-order chi connectivity index (χ1) is 9.94. The minimum atomic E-state index is -3.57. The maximum Gasteiger partial charge on any atom is 0.321 e. The molecule has 0 bridgehead atoms. The van der Waals surface area contributed by atoms with Gasteiger partial charge >= 0.3 is 5.97 Å². The summed E-state index contributed by atoms with van der Waals surface area (Å²) in [6, 6.07) is 4.13. The van der Waals surface area contributed by atoms with Crippen LogP contribution in [0.15, 0.2) is 23.1 Å². The maximum absolute atomic E-state index is 12.1. The maximum atomic E-state index is 12.1. The average molecular weight is 314 g/mol. The minimum Gasteiger partial charge on any atom is -0.480 e. The molecule has 8 heteroatoms. The second-order valence-electron chi connectivity index (χ2n) is 4.80. The summed E-state index contributed by atoms with van der Waals surface area (Å²) in [6.45, 7) is 0.842. The van der Waals surface area contributed by atoms with Crippen molar-refractivity contribution in [3.63, 3.8) is 0 Å². The van der Waals surface area contributed by atoms with E-state index in [2.05, 4.69) is 10.0 Å². The number of ether oxygens (including phenoxy) is 1. The third kappa shape index (κ3) is 3.79. The molecule has 0 aliphatic carbocycles. The van der Waals surface area contributed by atoms with Crippen LogP contribution < -0.4 is 10.0 Å². The molecular formula is C13H18N2O5S. The van der Waals surface area contributed by atoms with E-state index in [1.54, 1.807) is 12.1 Å². The lowest BCUT2D eigenvalue weighted by Crippen LogP contribution is -2.41. The van der Waals surface area contributed by atoms with Crippen molar-refractivity contribution in [2.24, 2.45) is 0 Å². The predicted octanol–water partition coefficient (Wildman–Crippen LogP) is -0.290. The highest BCUT2D eigenvalue weighted by molar-refractivity contribution is 7.89. The first-order valence-corrected chi connectivity index (χ1v) is 7.99. The van der Waals surface area contributed by atoms with E-state index in [0.29, 0.717) is 19.6 Å². The van der Waals surface area contributed by atoms with E-state index >= 15 is 0 Å². The van der Waals surface area contributed by atoms with Gasteiger partial charge < -0.3 is 15.2 Å². The van der Waals surface area contributed by atoms with Crippen molar-refractivity contribution >= 4 is 16.0 Å². The lowest BCUT2D eigenvalue weighted by Gasteiger charge is -2.23. The summed E-state index contributed by atoms with van der Waals surface area (Å²) in [5, 5.41) is 11.9. The molecule has 0 aromatic heterocycles. The van der Waals surface area contributed by atoms with Crippen LogP contribution in [0.3, 0.4) is 0 Å². The topological polar surface area (TPSA) is 105 Å². The second kappa shape index (κ2) is 6.52. The first-order valence-electron chi connectivity index (χ1n) is 6.50. The number of nitrogens with one attached hydrogen (secondary N) is 2. The molecule has 0 fully saturated rings. The SMILES string of the molecule is COCCNS(=O)(=O)c1ccc2c(c1)CNC(C(=O)O)C2. The second-order valence-corrected chi connectivity index (χ2v) is 6.56. The number of carboxylic acid groups (broad SMARTS) is 1. The van der Waals surface area contributed by atoms with Gasteiger partial charge in [0.25, 0.3) is 0 Å². The molecule has 7 nitrogen and oxygen atoms in total. The van der Waals surface area contributed by atoms with Crippen molar-refractivity contribution in [2.75, 3.05) is 20.3 Å². The molecule has 1 aromatic rings. The van der Waals surface area contributed by atoms with Gasteiger partial charge in [-0.05, 0) is 29.7 Å². The van der Waals surface area contributed by atoms with Crippen LogP contribution in [-0.4, -0.2) is 45.8 Å². The van der Waals surface area contributed by atoms with E-state index in [9.17, 15) is 13.2 Å². The Morgan fingerprint density at radius 1 is 1.48 bits per heavy atom. The Hall–Kier alpha value is -1.48. The first kappa shape index (κ1) is 15.9. The third-order valence-electron chi connectivity index (χ3n) is 3.35. The average Bonchev–Trinajstić information content (AvgIpc) is 2.46. The number of aliphatic carboxylic acids is 1. The number of carbonyl (C=O) groups is 1. The summed E-state index contributed by atoms with van der Waals surface area (Å²) in [5.41, 5.74) is 1.67. The van der Waals surface area contributed by atoms with E-state index in [4.69, 9.17) is 9.84 Å². The quantitative estimate of drug-likeness (QED) is 0.623. The number of fused-ring (bicyclic) bond motifs is 1. The fourth-order valence-electron chi connectivity index (χ4n) is 2.19. The molecule has 1 aliphatic rings. The van der Waals surface area contributed by atoms with E-state index in [-0.39, 0.29) is 11.4 Å². The van der Waals surface area contributed by atoms with Gasteiger partial charge in [0.05, 0.1) is 11.5 Å². The molecule has 0 saturated heterocycles. The Labute approximate surface area is 123 Å². The number of hydrogen-bond donors (Lipinski definition) is 3. The van der Waals surface area contributed by atoms with Crippen LogP contribution in [0.4, 0.5) is 0 Å². The van der Waals surface area contributed by atoms with Gasteiger partial charge in [-0.25, -0.2) is 13.1 Å². The molecule has 0 spiro atoms. The lowest BCUT2D eigenvalue weighted by atomic mass is 9.96. The summed E-state index contributed by atoms with van der Waals surface area (Å²) >= 11 is 0. The van der Waals surface area contributed by atoms with Crippen LogP contribution in [0.2, 0.25) is 0 Å². The lowest BCUT2D eigenvalue weighted by molar-refractivity contribution is -0.139.